The van der Waals surface area contributed by atoms with E-state index in [-0.39, 0.29) is 12.5 Å². The van der Waals surface area contributed by atoms with Crippen LogP contribution in [0.3, 0.4) is 0 Å². The minimum absolute atomic E-state index is 0.0280. The van der Waals surface area contributed by atoms with Crippen LogP contribution >= 0.6 is 0 Å². The summed E-state index contributed by atoms with van der Waals surface area (Å²) >= 11 is 0. The molecule has 0 spiro atoms. The Morgan fingerprint density at radius 1 is 1.33 bits per heavy atom. The summed E-state index contributed by atoms with van der Waals surface area (Å²) in [5.41, 5.74) is -0.523. The van der Waals surface area contributed by atoms with E-state index in [9.17, 15) is 9.59 Å². The monoisotopic (exact) mass is 254 g/mol. The van der Waals surface area contributed by atoms with Crippen LogP contribution in [0.1, 0.15) is 45.4 Å². The quantitative estimate of drug-likeness (QED) is 0.699. The average Bonchev–Trinajstić information content (AvgIpc) is 2.79. The molecule has 0 bridgehead atoms. The van der Waals surface area contributed by atoms with Gasteiger partial charge in [0, 0.05) is 6.54 Å². The van der Waals surface area contributed by atoms with E-state index in [1.165, 1.54) is 6.42 Å². The molecule has 2 unspecified atom stereocenters. The standard InChI is InChI=1S/C13H22N2O3/c1-9-6-10(9)8-14-12(18)15-13(7-11(16)17)4-2-3-5-13/h9-10H,2-8H2,1H3,(H,16,17)(H2,14,15,18). The summed E-state index contributed by atoms with van der Waals surface area (Å²) in [7, 11) is 0. The number of aliphatic carboxylic acids is 1. The first-order chi connectivity index (χ1) is 8.51. The molecule has 5 heteroatoms. The van der Waals surface area contributed by atoms with Crippen molar-refractivity contribution in [3.8, 4) is 0 Å². The van der Waals surface area contributed by atoms with Crippen LogP contribution in [0.25, 0.3) is 0 Å². The molecule has 0 aromatic rings. The SMILES string of the molecule is CC1CC1CNC(=O)NC1(CC(=O)O)CCCC1. The Morgan fingerprint density at radius 3 is 2.44 bits per heavy atom. The van der Waals surface area contributed by atoms with Gasteiger partial charge in [-0.25, -0.2) is 4.79 Å². The lowest BCUT2D eigenvalue weighted by Crippen LogP contribution is -2.52. The number of carboxylic acid groups (broad SMARTS) is 1. The lowest BCUT2D eigenvalue weighted by atomic mass is 9.93. The fourth-order valence-corrected chi connectivity index (χ4v) is 2.88. The summed E-state index contributed by atoms with van der Waals surface area (Å²) in [4.78, 5) is 22.7. The highest BCUT2D eigenvalue weighted by atomic mass is 16.4. The predicted molar refractivity (Wildman–Crippen MR) is 67.3 cm³/mol. The van der Waals surface area contributed by atoms with E-state index in [4.69, 9.17) is 5.11 Å². The fraction of sp³-hybridized carbons (Fsp3) is 0.846. The molecule has 0 aromatic heterocycles. The van der Waals surface area contributed by atoms with Crippen molar-refractivity contribution in [3.05, 3.63) is 0 Å². The lowest BCUT2D eigenvalue weighted by molar-refractivity contribution is -0.138. The second kappa shape index (κ2) is 5.16. The third kappa shape index (κ3) is 3.37. The van der Waals surface area contributed by atoms with Crippen molar-refractivity contribution in [1.29, 1.82) is 0 Å². The zero-order valence-corrected chi connectivity index (χ0v) is 10.9. The summed E-state index contributed by atoms with van der Waals surface area (Å²) in [6.07, 6.45) is 4.74. The third-order valence-corrected chi connectivity index (χ3v) is 4.23. The molecule has 0 heterocycles. The zero-order chi connectivity index (χ0) is 13.2. The van der Waals surface area contributed by atoms with Crippen molar-refractivity contribution in [1.82, 2.24) is 10.6 Å². The number of rotatable bonds is 5. The van der Waals surface area contributed by atoms with Crippen molar-refractivity contribution < 1.29 is 14.7 Å². The van der Waals surface area contributed by atoms with Crippen LogP contribution < -0.4 is 10.6 Å². The van der Waals surface area contributed by atoms with Gasteiger partial charge in [0.05, 0.1) is 12.0 Å². The molecule has 0 radical (unpaired) electrons. The smallest absolute Gasteiger partial charge is 0.315 e. The number of nitrogens with one attached hydrogen (secondary N) is 2. The molecule has 2 aliphatic rings. The van der Waals surface area contributed by atoms with Gasteiger partial charge in [-0.15, -0.1) is 0 Å². The zero-order valence-electron chi connectivity index (χ0n) is 10.9. The van der Waals surface area contributed by atoms with E-state index < -0.39 is 11.5 Å². The van der Waals surface area contributed by atoms with Gasteiger partial charge in [-0.3, -0.25) is 4.79 Å². The Kier molecular flexibility index (Phi) is 3.78. The third-order valence-electron chi connectivity index (χ3n) is 4.23. The second-order valence-electron chi connectivity index (χ2n) is 5.87. The van der Waals surface area contributed by atoms with Gasteiger partial charge in [-0.2, -0.15) is 0 Å². The Bertz CT molecular complexity index is 337. The van der Waals surface area contributed by atoms with Crippen LogP contribution in [0, 0.1) is 11.8 Å². The van der Waals surface area contributed by atoms with Crippen LogP contribution in [0.4, 0.5) is 4.79 Å². The van der Waals surface area contributed by atoms with Crippen molar-refractivity contribution in [2.45, 2.75) is 51.0 Å². The van der Waals surface area contributed by atoms with Gasteiger partial charge >= 0.3 is 12.0 Å². The maximum atomic E-state index is 11.8. The maximum absolute atomic E-state index is 11.8. The molecule has 0 aromatic carbocycles. The summed E-state index contributed by atoms with van der Waals surface area (Å²) < 4.78 is 0. The number of hydrogen-bond acceptors (Lipinski definition) is 2. The van der Waals surface area contributed by atoms with Gasteiger partial charge in [0.1, 0.15) is 0 Å². The minimum atomic E-state index is -0.840. The largest absolute Gasteiger partial charge is 0.481 e. The second-order valence-corrected chi connectivity index (χ2v) is 5.87. The number of amides is 2. The molecule has 2 amide bonds. The molecule has 2 saturated carbocycles. The van der Waals surface area contributed by atoms with Gasteiger partial charge in [0.15, 0.2) is 0 Å². The van der Waals surface area contributed by atoms with Crippen LogP contribution in [-0.4, -0.2) is 29.2 Å². The molecule has 102 valence electrons. The number of carboxylic acids is 1. The van der Waals surface area contributed by atoms with Gasteiger partial charge in [0.2, 0.25) is 0 Å². The Hall–Kier alpha value is -1.26. The average molecular weight is 254 g/mol. The molecular weight excluding hydrogens is 232 g/mol. The highest BCUT2D eigenvalue weighted by molar-refractivity contribution is 5.76. The van der Waals surface area contributed by atoms with Crippen LogP contribution in [-0.2, 0) is 4.79 Å². The molecule has 2 atom stereocenters. The Balaban J connectivity index is 1.80. The van der Waals surface area contributed by atoms with E-state index >= 15 is 0 Å². The van der Waals surface area contributed by atoms with Crippen molar-refractivity contribution in [3.63, 3.8) is 0 Å². The Labute approximate surface area is 107 Å². The molecule has 0 saturated heterocycles. The predicted octanol–water partition coefficient (Wildman–Crippen LogP) is 1.73. The van der Waals surface area contributed by atoms with Gasteiger partial charge in [-0.05, 0) is 31.1 Å². The highest BCUT2D eigenvalue weighted by Crippen LogP contribution is 2.37. The molecule has 3 N–H and O–H groups in total. The van der Waals surface area contributed by atoms with E-state index in [1.807, 2.05) is 0 Å². The summed E-state index contributed by atoms with van der Waals surface area (Å²) in [6.45, 7) is 2.88. The van der Waals surface area contributed by atoms with E-state index in [1.54, 1.807) is 0 Å². The molecule has 18 heavy (non-hydrogen) atoms. The van der Waals surface area contributed by atoms with Gasteiger partial charge in [0.25, 0.3) is 0 Å². The van der Waals surface area contributed by atoms with Crippen molar-refractivity contribution in [2.75, 3.05) is 6.54 Å². The van der Waals surface area contributed by atoms with Gasteiger partial charge in [-0.1, -0.05) is 19.8 Å². The summed E-state index contributed by atoms with van der Waals surface area (Å²) in [5, 5.41) is 14.7. The topological polar surface area (TPSA) is 78.4 Å². The first-order valence-corrected chi connectivity index (χ1v) is 6.79. The first kappa shape index (κ1) is 13.2. The summed E-state index contributed by atoms with van der Waals surface area (Å²) in [6, 6.07) is -0.211. The van der Waals surface area contributed by atoms with Crippen molar-refractivity contribution in [2.24, 2.45) is 11.8 Å². The van der Waals surface area contributed by atoms with Crippen LogP contribution in [0.15, 0.2) is 0 Å². The van der Waals surface area contributed by atoms with Crippen LogP contribution in [0.5, 0.6) is 0 Å². The molecule has 5 nitrogen and oxygen atoms in total. The van der Waals surface area contributed by atoms with Crippen molar-refractivity contribution >= 4 is 12.0 Å². The molecular formula is C13H22N2O3. The number of hydrogen-bond donors (Lipinski definition) is 3. The number of carbonyl (C=O) groups excluding carboxylic acids is 1. The maximum Gasteiger partial charge on any atom is 0.315 e. The molecule has 2 aliphatic carbocycles. The van der Waals surface area contributed by atoms with E-state index in [2.05, 4.69) is 17.6 Å². The van der Waals surface area contributed by atoms with Gasteiger partial charge < -0.3 is 15.7 Å². The highest BCUT2D eigenvalue weighted by Gasteiger charge is 2.38. The first-order valence-electron chi connectivity index (χ1n) is 6.79. The molecule has 2 rings (SSSR count). The van der Waals surface area contributed by atoms with E-state index in [0.717, 1.165) is 25.7 Å². The summed E-state index contributed by atoms with van der Waals surface area (Å²) in [5.74, 6) is 0.479. The lowest BCUT2D eigenvalue weighted by Gasteiger charge is -2.28. The molecule has 0 aliphatic heterocycles. The molecule has 2 fully saturated rings. The normalized spacial score (nSPS) is 28.7. The van der Waals surface area contributed by atoms with Crippen LogP contribution in [0.2, 0.25) is 0 Å². The Morgan fingerprint density at radius 2 is 1.94 bits per heavy atom. The fourth-order valence-electron chi connectivity index (χ4n) is 2.88. The number of carbonyl (C=O) groups is 2. The van der Waals surface area contributed by atoms with E-state index in [0.29, 0.717) is 18.4 Å². The number of urea groups is 1. The minimum Gasteiger partial charge on any atom is -0.481 e.